The Morgan fingerprint density at radius 3 is 2.28 bits per heavy atom. The highest BCUT2D eigenvalue weighted by Gasteiger charge is 2.21. The van der Waals surface area contributed by atoms with Crippen molar-refractivity contribution in [2.75, 3.05) is 5.32 Å². The van der Waals surface area contributed by atoms with Gasteiger partial charge >= 0.3 is 5.69 Å². The van der Waals surface area contributed by atoms with E-state index in [-0.39, 0.29) is 17.4 Å². The summed E-state index contributed by atoms with van der Waals surface area (Å²) in [5, 5.41) is 24.7. The van der Waals surface area contributed by atoms with E-state index < -0.39 is 21.2 Å². The molecule has 0 aliphatic carbocycles. The summed E-state index contributed by atoms with van der Waals surface area (Å²) < 4.78 is 5.49. The Bertz CT molecular complexity index is 1100. The molecule has 0 aliphatic heterocycles. The molecule has 1 amide bonds. The van der Waals surface area contributed by atoms with E-state index in [0.717, 1.165) is 17.7 Å². The summed E-state index contributed by atoms with van der Waals surface area (Å²) in [6.45, 7) is 1.89. The molecule has 0 radical (unpaired) electrons. The fraction of sp³-hybridized carbons (Fsp3) is 0.0500. The number of non-ortho nitro benzene ring substituents is 1. The second-order valence-electron chi connectivity index (χ2n) is 6.12. The lowest BCUT2D eigenvalue weighted by molar-refractivity contribution is -0.394. The van der Waals surface area contributed by atoms with Gasteiger partial charge in [0, 0.05) is 17.3 Å². The zero-order valence-electron chi connectivity index (χ0n) is 15.2. The van der Waals surface area contributed by atoms with Gasteiger partial charge in [0.05, 0.1) is 15.9 Å². The number of hydrogen-bond acceptors (Lipinski definition) is 6. The maximum absolute atomic E-state index is 12.3. The topological polar surface area (TPSA) is 125 Å². The number of aryl methyl sites for hydroxylation is 1. The number of carbonyl (C=O) groups excluding carboxylic acids is 1. The van der Waals surface area contributed by atoms with Crippen LogP contribution in [0.4, 0.5) is 17.1 Å². The van der Waals surface area contributed by atoms with Crippen molar-refractivity contribution in [3.63, 3.8) is 0 Å². The molecule has 0 saturated carbocycles. The van der Waals surface area contributed by atoms with Crippen molar-refractivity contribution in [3.8, 4) is 11.5 Å². The van der Waals surface area contributed by atoms with Crippen molar-refractivity contribution in [1.29, 1.82) is 0 Å². The Balaban J connectivity index is 1.75. The quantitative estimate of drug-likeness (QED) is 0.471. The maximum Gasteiger partial charge on any atom is 0.318 e. The van der Waals surface area contributed by atoms with Crippen molar-refractivity contribution in [2.24, 2.45) is 0 Å². The molecule has 9 nitrogen and oxygen atoms in total. The van der Waals surface area contributed by atoms with Crippen LogP contribution in [-0.4, -0.2) is 15.8 Å². The number of ether oxygens (including phenoxy) is 1. The van der Waals surface area contributed by atoms with Crippen LogP contribution in [0.2, 0.25) is 0 Å². The normalized spacial score (nSPS) is 10.2. The molecule has 29 heavy (non-hydrogen) atoms. The van der Waals surface area contributed by atoms with E-state index in [4.69, 9.17) is 4.74 Å². The number of hydrogen-bond donors (Lipinski definition) is 1. The second-order valence-corrected chi connectivity index (χ2v) is 6.12. The Morgan fingerprint density at radius 2 is 1.66 bits per heavy atom. The van der Waals surface area contributed by atoms with Crippen LogP contribution >= 0.6 is 0 Å². The van der Waals surface area contributed by atoms with Crippen molar-refractivity contribution in [3.05, 3.63) is 98.1 Å². The van der Waals surface area contributed by atoms with Crippen LogP contribution in [0.3, 0.4) is 0 Å². The molecular weight excluding hydrogens is 378 g/mol. The second kappa shape index (κ2) is 8.17. The van der Waals surface area contributed by atoms with Crippen LogP contribution in [0.25, 0.3) is 0 Å². The number of anilines is 1. The monoisotopic (exact) mass is 393 g/mol. The molecule has 0 spiro atoms. The van der Waals surface area contributed by atoms with Gasteiger partial charge in [-0.2, -0.15) is 0 Å². The van der Waals surface area contributed by atoms with Crippen LogP contribution < -0.4 is 10.1 Å². The Labute approximate surface area is 164 Å². The summed E-state index contributed by atoms with van der Waals surface area (Å²) >= 11 is 0. The van der Waals surface area contributed by atoms with Gasteiger partial charge in [-0.05, 0) is 49.4 Å². The number of nitrogens with zero attached hydrogens (tertiary/aromatic N) is 2. The van der Waals surface area contributed by atoms with Crippen molar-refractivity contribution < 1.29 is 19.4 Å². The summed E-state index contributed by atoms with van der Waals surface area (Å²) in [4.78, 5) is 32.8. The summed E-state index contributed by atoms with van der Waals surface area (Å²) in [6, 6.07) is 16.5. The van der Waals surface area contributed by atoms with Crippen LogP contribution in [0.1, 0.15) is 15.9 Å². The van der Waals surface area contributed by atoms with Crippen LogP contribution in [0, 0.1) is 27.2 Å². The van der Waals surface area contributed by atoms with Gasteiger partial charge in [-0.1, -0.05) is 17.7 Å². The third-order valence-electron chi connectivity index (χ3n) is 3.97. The summed E-state index contributed by atoms with van der Waals surface area (Å²) in [5.74, 6) is -0.124. The molecule has 146 valence electrons. The molecule has 1 N–H and O–H groups in total. The van der Waals surface area contributed by atoms with Crippen molar-refractivity contribution >= 4 is 23.0 Å². The first kappa shape index (κ1) is 19.5. The highest BCUT2D eigenvalue weighted by molar-refractivity contribution is 6.04. The van der Waals surface area contributed by atoms with Gasteiger partial charge in [-0.15, -0.1) is 0 Å². The summed E-state index contributed by atoms with van der Waals surface area (Å²) in [6.07, 6.45) is 0. The van der Waals surface area contributed by atoms with Crippen LogP contribution in [0.5, 0.6) is 11.5 Å². The molecule has 0 aliphatic rings. The first-order valence-corrected chi connectivity index (χ1v) is 8.42. The van der Waals surface area contributed by atoms with Crippen LogP contribution in [0.15, 0.2) is 66.7 Å². The van der Waals surface area contributed by atoms with E-state index in [0.29, 0.717) is 11.3 Å². The Morgan fingerprint density at radius 1 is 0.931 bits per heavy atom. The number of nitro groups is 2. The van der Waals surface area contributed by atoms with E-state index in [1.54, 1.807) is 30.3 Å². The van der Waals surface area contributed by atoms with E-state index >= 15 is 0 Å². The zero-order chi connectivity index (χ0) is 21.0. The fourth-order valence-electron chi connectivity index (χ4n) is 2.57. The number of amides is 1. The first-order chi connectivity index (χ1) is 13.8. The highest BCUT2D eigenvalue weighted by atomic mass is 16.6. The largest absolute Gasteiger partial charge is 0.450 e. The molecule has 0 aromatic heterocycles. The molecule has 0 bridgehead atoms. The number of nitro benzene ring substituents is 2. The first-order valence-electron chi connectivity index (χ1n) is 8.42. The lowest BCUT2D eigenvalue weighted by Gasteiger charge is -2.09. The number of carbonyl (C=O) groups is 1. The van der Waals surface area contributed by atoms with Gasteiger partial charge in [0.1, 0.15) is 5.75 Å². The average molecular weight is 393 g/mol. The summed E-state index contributed by atoms with van der Waals surface area (Å²) in [5.41, 5.74) is 1.08. The van der Waals surface area contributed by atoms with E-state index in [1.165, 1.54) is 18.2 Å². The third-order valence-corrected chi connectivity index (χ3v) is 3.97. The molecule has 0 saturated heterocycles. The van der Waals surface area contributed by atoms with E-state index in [2.05, 4.69) is 5.32 Å². The molecule has 9 heteroatoms. The predicted molar refractivity (Wildman–Crippen MR) is 105 cm³/mol. The molecule has 0 unspecified atom stereocenters. The van der Waals surface area contributed by atoms with Crippen molar-refractivity contribution in [1.82, 2.24) is 0 Å². The minimum atomic E-state index is -0.751. The number of nitrogens with one attached hydrogen (secondary N) is 1. The standard InChI is InChI=1S/C20H15N3O6/c1-13-3-2-4-14(11-13)20(24)21-15-5-8-17(9-6-15)29-19-10-7-16(22(25)26)12-18(19)23(27)28/h2-12H,1H3,(H,21,24). The smallest absolute Gasteiger partial charge is 0.318 e. The fourth-order valence-corrected chi connectivity index (χ4v) is 2.57. The van der Waals surface area contributed by atoms with E-state index in [9.17, 15) is 25.0 Å². The van der Waals surface area contributed by atoms with Gasteiger partial charge in [-0.3, -0.25) is 25.0 Å². The zero-order valence-corrected chi connectivity index (χ0v) is 15.2. The number of rotatable bonds is 6. The van der Waals surface area contributed by atoms with Gasteiger partial charge in [0.15, 0.2) is 0 Å². The number of benzene rings is 3. The molecule has 0 heterocycles. The Hall–Kier alpha value is -4.27. The predicted octanol–water partition coefficient (Wildman–Crippen LogP) is 4.86. The van der Waals surface area contributed by atoms with Gasteiger partial charge < -0.3 is 10.1 Å². The Kier molecular flexibility index (Phi) is 5.49. The van der Waals surface area contributed by atoms with Crippen LogP contribution in [-0.2, 0) is 0 Å². The summed E-state index contributed by atoms with van der Waals surface area (Å²) in [7, 11) is 0. The SMILES string of the molecule is Cc1cccc(C(=O)Nc2ccc(Oc3ccc([N+](=O)[O-])cc3[N+](=O)[O-])cc2)c1. The molecule has 3 aromatic carbocycles. The van der Waals surface area contributed by atoms with Gasteiger partial charge in [0.25, 0.3) is 11.6 Å². The lowest BCUT2D eigenvalue weighted by Crippen LogP contribution is -2.11. The highest BCUT2D eigenvalue weighted by Crippen LogP contribution is 2.34. The third kappa shape index (κ3) is 4.72. The molecule has 3 aromatic rings. The minimum Gasteiger partial charge on any atom is -0.450 e. The van der Waals surface area contributed by atoms with Gasteiger partial charge in [0.2, 0.25) is 5.75 Å². The molecular formula is C20H15N3O6. The molecule has 0 atom stereocenters. The van der Waals surface area contributed by atoms with E-state index in [1.807, 2.05) is 13.0 Å². The molecule has 0 fully saturated rings. The average Bonchev–Trinajstić information content (AvgIpc) is 2.69. The van der Waals surface area contributed by atoms with Gasteiger partial charge in [-0.25, -0.2) is 0 Å². The minimum absolute atomic E-state index is 0.128. The lowest BCUT2D eigenvalue weighted by atomic mass is 10.1. The molecule has 3 rings (SSSR count). The van der Waals surface area contributed by atoms with Crippen molar-refractivity contribution in [2.45, 2.75) is 6.92 Å². The maximum atomic E-state index is 12.3.